The second-order valence-electron chi connectivity index (χ2n) is 4.71. The maximum Gasteiger partial charge on any atom is 0.338 e. The first-order valence-corrected chi connectivity index (χ1v) is 7.50. The van der Waals surface area contributed by atoms with Crippen LogP contribution in [0.2, 0.25) is 0 Å². The van der Waals surface area contributed by atoms with E-state index in [0.717, 1.165) is 23.3 Å². The largest absolute Gasteiger partial charge is 0.478 e. The van der Waals surface area contributed by atoms with Crippen molar-refractivity contribution in [1.29, 1.82) is 0 Å². The third-order valence-corrected chi connectivity index (χ3v) is 4.42. The van der Waals surface area contributed by atoms with Crippen molar-refractivity contribution in [2.24, 2.45) is 0 Å². The number of hydrogen-bond acceptors (Lipinski definition) is 3. The Morgan fingerprint density at radius 3 is 2.32 bits per heavy atom. The number of aryl methyl sites for hydroxylation is 1. The highest BCUT2D eigenvalue weighted by molar-refractivity contribution is 7.16. The van der Waals surface area contributed by atoms with E-state index in [1.807, 2.05) is 6.92 Å². The lowest BCUT2D eigenvalue weighted by molar-refractivity contribution is 0.0697. The van der Waals surface area contributed by atoms with Gasteiger partial charge in [-0.15, -0.1) is 11.3 Å². The van der Waals surface area contributed by atoms with Crippen molar-refractivity contribution < 1.29 is 15.4 Å². The number of anilines is 1. The lowest BCUT2D eigenvalue weighted by Crippen LogP contribution is -2.00. The predicted molar refractivity (Wildman–Crippen MR) is 81.1 cm³/mol. The molecule has 0 unspecified atom stereocenters. The molecule has 1 rings (SSSR count). The Labute approximate surface area is 118 Å². The van der Waals surface area contributed by atoms with Crippen molar-refractivity contribution in [3.05, 3.63) is 16.0 Å². The number of hydrogen-bond donors (Lipinski definition) is 2. The normalized spacial score (nSPS) is 10.2. The van der Waals surface area contributed by atoms with Crippen LogP contribution in [0.1, 0.15) is 66.2 Å². The first-order chi connectivity index (χ1) is 8.57. The Hall–Kier alpha value is -1.07. The number of unbranched alkanes of at least 4 members (excludes halogenated alkanes) is 5. The molecule has 1 heterocycles. The van der Waals surface area contributed by atoms with Crippen LogP contribution in [0, 0.1) is 6.92 Å². The van der Waals surface area contributed by atoms with Crippen LogP contribution in [0.4, 0.5) is 5.00 Å². The molecule has 0 spiro atoms. The van der Waals surface area contributed by atoms with Gasteiger partial charge in [0, 0.05) is 4.88 Å². The first-order valence-electron chi connectivity index (χ1n) is 6.69. The second kappa shape index (κ2) is 8.93. The van der Waals surface area contributed by atoms with E-state index in [-0.39, 0.29) is 5.48 Å². The number of rotatable bonds is 8. The molecule has 0 aromatic carbocycles. The molecular formula is C14H25NO3S. The fourth-order valence-corrected chi connectivity index (χ4v) is 3.26. The summed E-state index contributed by atoms with van der Waals surface area (Å²) in [7, 11) is 0. The van der Waals surface area contributed by atoms with Crippen LogP contribution in [-0.4, -0.2) is 16.6 Å². The molecule has 0 saturated carbocycles. The summed E-state index contributed by atoms with van der Waals surface area (Å²) in [4.78, 5) is 12.2. The van der Waals surface area contributed by atoms with Crippen LogP contribution in [0.15, 0.2) is 0 Å². The van der Waals surface area contributed by atoms with E-state index in [4.69, 9.17) is 10.8 Å². The number of carbonyl (C=O) groups is 1. The molecule has 0 fully saturated rings. The van der Waals surface area contributed by atoms with E-state index < -0.39 is 5.97 Å². The fourth-order valence-electron chi connectivity index (χ4n) is 2.15. The molecule has 0 atom stereocenters. The van der Waals surface area contributed by atoms with Crippen molar-refractivity contribution in [1.82, 2.24) is 0 Å². The molecule has 0 amide bonds. The zero-order chi connectivity index (χ0) is 13.5. The third-order valence-electron chi connectivity index (χ3n) is 3.24. The van der Waals surface area contributed by atoms with Crippen LogP contribution < -0.4 is 5.73 Å². The minimum absolute atomic E-state index is 0. The molecule has 0 radical (unpaired) electrons. The molecule has 1 aromatic rings. The number of thiophene rings is 1. The van der Waals surface area contributed by atoms with Crippen molar-refractivity contribution in [3.63, 3.8) is 0 Å². The van der Waals surface area contributed by atoms with Crippen molar-refractivity contribution in [2.45, 2.75) is 58.8 Å². The predicted octanol–water partition coefficient (Wildman–Crippen LogP) is 3.42. The lowest BCUT2D eigenvalue weighted by Gasteiger charge is -2.01. The summed E-state index contributed by atoms with van der Waals surface area (Å²) in [6.07, 6.45) is 8.47. The molecule has 0 bridgehead atoms. The average Bonchev–Trinajstić information content (AvgIpc) is 2.59. The topological polar surface area (TPSA) is 94.8 Å². The summed E-state index contributed by atoms with van der Waals surface area (Å²) < 4.78 is 0. The minimum Gasteiger partial charge on any atom is -0.478 e. The van der Waals surface area contributed by atoms with Gasteiger partial charge in [0.25, 0.3) is 0 Å². The molecule has 4 nitrogen and oxygen atoms in total. The van der Waals surface area contributed by atoms with Crippen LogP contribution in [0.3, 0.4) is 0 Å². The second-order valence-corrected chi connectivity index (χ2v) is 5.85. The Kier molecular flexibility index (Phi) is 8.43. The van der Waals surface area contributed by atoms with Gasteiger partial charge < -0.3 is 16.3 Å². The Morgan fingerprint density at radius 1 is 1.21 bits per heavy atom. The van der Waals surface area contributed by atoms with Gasteiger partial charge in [0.05, 0.1) is 5.56 Å². The van der Waals surface area contributed by atoms with Gasteiger partial charge in [0.2, 0.25) is 0 Å². The molecule has 19 heavy (non-hydrogen) atoms. The number of carboxylic acid groups (broad SMARTS) is 1. The fraction of sp³-hybridized carbons (Fsp3) is 0.643. The zero-order valence-corrected chi connectivity index (χ0v) is 12.6. The SMILES string of the molecule is CCCCCCCCc1sc(N)c(C(=O)O)c1C.O. The highest BCUT2D eigenvalue weighted by Crippen LogP contribution is 2.31. The molecule has 5 N–H and O–H groups in total. The van der Waals surface area contributed by atoms with Gasteiger partial charge in [0.1, 0.15) is 5.00 Å². The molecule has 0 aliphatic heterocycles. The molecule has 1 aromatic heterocycles. The summed E-state index contributed by atoms with van der Waals surface area (Å²) in [5, 5.41) is 9.50. The lowest BCUT2D eigenvalue weighted by atomic mass is 10.1. The van der Waals surface area contributed by atoms with Crippen LogP contribution in [0.25, 0.3) is 0 Å². The molecular weight excluding hydrogens is 262 g/mol. The molecule has 0 aliphatic rings. The Bertz CT molecular complexity index is 402. The van der Waals surface area contributed by atoms with E-state index in [1.165, 1.54) is 43.4 Å². The smallest absolute Gasteiger partial charge is 0.338 e. The Balaban J connectivity index is 0.00000324. The van der Waals surface area contributed by atoms with Crippen LogP contribution >= 0.6 is 11.3 Å². The standard InChI is InChI=1S/C14H23NO2S.H2O/c1-3-4-5-6-7-8-9-11-10(2)12(14(16)17)13(15)18-11;/h3-9,15H2,1-2H3,(H,16,17);1H2. The van der Waals surface area contributed by atoms with E-state index in [1.54, 1.807) is 0 Å². The van der Waals surface area contributed by atoms with E-state index in [0.29, 0.717) is 10.6 Å². The summed E-state index contributed by atoms with van der Waals surface area (Å²) in [6.45, 7) is 4.08. The minimum atomic E-state index is -0.907. The van der Waals surface area contributed by atoms with Gasteiger partial charge in [-0.1, -0.05) is 39.0 Å². The number of carboxylic acids is 1. The van der Waals surface area contributed by atoms with Gasteiger partial charge >= 0.3 is 5.97 Å². The summed E-state index contributed by atoms with van der Waals surface area (Å²) in [6, 6.07) is 0. The van der Waals surface area contributed by atoms with Crippen LogP contribution in [0.5, 0.6) is 0 Å². The highest BCUT2D eigenvalue weighted by Gasteiger charge is 2.17. The first kappa shape index (κ1) is 17.9. The quantitative estimate of drug-likeness (QED) is 0.717. The van der Waals surface area contributed by atoms with Crippen LogP contribution in [-0.2, 0) is 6.42 Å². The summed E-state index contributed by atoms with van der Waals surface area (Å²) >= 11 is 1.43. The Morgan fingerprint density at radius 2 is 1.79 bits per heavy atom. The van der Waals surface area contributed by atoms with Gasteiger partial charge in [-0.05, 0) is 25.3 Å². The van der Waals surface area contributed by atoms with Crippen molar-refractivity contribution in [2.75, 3.05) is 5.73 Å². The average molecular weight is 287 g/mol. The van der Waals surface area contributed by atoms with E-state index in [9.17, 15) is 4.79 Å². The van der Waals surface area contributed by atoms with E-state index >= 15 is 0 Å². The summed E-state index contributed by atoms with van der Waals surface area (Å²) in [5.74, 6) is -0.907. The maximum absolute atomic E-state index is 11.0. The molecule has 0 aliphatic carbocycles. The van der Waals surface area contributed by atoms with E-state index in [2.05, 4.69) is 6.92 Å². The van der Waals surface area contributed by atoms with Gasteiger partial charge in [0.15, 0.2) is 0 Å². The van der Waals surface area contributed by atoms with Gasteiger partial charge in [-0.2, -0.15) is 0 Å². The molecule has 5 heteroatoms. The van der Waals surface area contributed by atoms with Crippen molar-refractivity contribution >= 4 is 22.3 Å². The van der Waals surface area contributed by atoms with Gasteiger partial charge in [-0.3, -0.25) is 0 Å². The third kappa shape index (κ3) is 5.20. The van der Waals surface area contributed by atoms with Gasteiger partial charge in [-0.25, -0.2) is 4.79 Å². The maximum atomic E-state index is 11.0. The zero-order valence-electron chi connectivity index (χ0n) is 11.8. The monoisotopic (exact) mass is 287 g/mol. The number of nitrogen functional groups attached to an aromatic ring is 1. The molecule has 110 valence electrons. The highest BCUT2D eigenvalue weighted by atomic mass is 32.1. The van der Waals surface area contributed by atoms with Crippen molar-refractivity contribution in [3.8, 4) is 0 Å². The summed E-state index contributed by atoms with van der Waals surface area (Å²) in [5.41, 5.74) is 6.92. The number of aromatic carboxylic acids is 1. The number of nitrogens with two attached hydrogens (primary N) is 1. The molecule has 0 saturated heterocycles.